The Kier molecular flexibility index (Phi) is 9.77. The van der Waals surface area contributed by atoms with Crippen LogP contribution in [-0.2, 0) is 14.3 Å². The van der Waals surface area contributed by atoms with Crippen LogP contribution in [0.2, 0.25) is 0 Å². The standard InChI is InChI=1S/C16H28O4/c1-4-6-7-8-9-10-11-12-13-16(3,15(18)19)20-14(17)5-2/h5H,2,4,6-13H2,1,3H3,(H,18,19). The van der Waals surface area contributed by atoms with Gasteiger partial charge in [0.1, 0.15) is 0 Å². The van der Waals surface area contributed by atoms with Gasteiger partial charge in [-0.3, -0.25) is 0 Å². The van der Waals surface area contributed by atoms with E-state index in [1.54, 1.807) is 0 Å². The Morgan fingerprint density at radius 2 is 1.60 bits per heavy atom. The molecule has 0 aromatic carbocycles. The van der Waals surface area contributed by atoms with Crippen LogP contribution in [0.1, 0.15) is 71.6 Å². The lowest BCUT2D eigenvalue weighted by atomic mass is 9.97. The van der Waals surface area contributed by atoms with Crippen molar-refractivity contribution in [3.05, 3.63) is 12.7 Å². The van der Waals surface area contributed by atoms with Gasteiger partial charge in [-0.1, -0.05) is 58.4 Å². The maximum Gasteiger partial charge on any atom is 0.347 e. The smallest absolute Gasteiger partial charge is 0.347 e. The molecule has 1 N–H and O–H groups in total. The van der Waals surface area contributed by atoms with Crippen LogP contribution >= 0.6 is 0 Å². The van der Waals surface area contributed by atoms with E-state index in [-0.39, 0.29) is 0 Å². The van der Waals surface area contributed by atoms with Crippen LogP contribution < -0.4 is 0 Å². The minimum atomic E-state index is -1.44. The summed E-state index contributed by atoms with van der Waals surface area (Å²) in [4.78, 5) is 22.4. The molecule has 20 heavy (non-hydrogen) atoms. The fourth-order valence-corrected chi connectivity index (χ4v) is 2.06. The average molecular weight is 284 g/mol. The van der Waals surface area contributed by atoms with E-state index in [4.69, 9.17) is 9.84 Å². The highest BCUT2D eigenvalue weighted by molar-refractivity contribution is 5.86. The molecule has 0 saturated carbocycles. The zero-order chi connectivity index (χ0) is 15.4. The van der Waals surface area contributed by atoms with Crippen LogP contribution in [0.4, 0.5) is 0 Å². The van der Waals surface area contributed by atoms with Crippen molar-refractivity contribution in [2.24, 2.45) is 0 Å². The first-order valence-electron chi connectivity index (χ1n) is 7.55. The predicted octanol–water partition coefficient (Wildman–Crippen LogP) is 4.09. The highest BCUT2D eigenvalue weighted by Crippen LogP contribution is 2.21. The number of aliphatic carboxylic acids is 1. The SMILES string of the molecule is C=CC(=O)OC(C)(CCCCCCCCCC)C(=O)O. The second-order valence-corrected chi connectivity index (χ2v) is 5.39. The second kappa shape index (κ2) is 10.5. The van der Waals surface area contributed by atoms with Gasteiger partial charge in [0, 0.05) is 6.08 Å². The molecule has 0 aromatic heterocycles. The van der Waals surface area contributed by atoms with Gasteiger partial charge in [-0.05, 0) is 19.8 Å². The second-order valence-electron chi connectivity index (χ2n) is 5.39. The van der Waals surface area contributed by atoms with Gasteiger partial charge in [-0.15, -0.1) is 0 Å². The summed E-state index contributed by atoms with van der Waals surface area (Å²) in [6.45, 7) is 6.92. The van der Waals surface area contributed by atoms with Gasteiger partial charge in [-0.2, -0.15) is 0 Å². The van der Waals surface area contributed by atoms with Crippen LogP contribution in [0.3, 0.4) is 0 Å². The lowest BCUT2D eigenvalue weighted by Crippen LogP contribution is -2.40. The number of hydrogen-bond acceptors (Lipinski definition) is 3. The number of ether oxygens (including phenoxy) is 1. The van der Waals surface area contributed by atoms with Gasteiger partial charge in [0.25, 0.3) is 0 Å². The molecule has 1 unspecified atom stereocenters. The lowest BCUT2D eigenvalue weighted by molar-refractivity contribution is -0.174. The average Bonchev–Trinajstić information content (AvgIpc) is 2.41. The van der Waals surface area contributed by atoms with Crippen molar-refractivity contribution < 1.29 is 19.4 Å². The van der Waals surface area contributed by atoms with Crippen molar-refractivity contribution in [2.45, 2.75) is 77.2 Å². The molecule has 0 amide bonds. The number of hydrogen-bond donors (Lipinski definition) is 1. The molecule has 0 heterocycles. The van der Waals surface area contributed by atoms with Gasteiger partial charge in [0.2, 0.25) is 5.60 Å². The molecule has 0 aliphatic heterocycles. The monoisotopic (exact) mass is 284 g/mol. The minimum absolute atomic E-state index is 0.344. The molecule has 4 heteroatoms. The molecule has 0 fully saturated rings. The van der Waals surface area contributed by atoms with Gasteiger partial charge < -0.3 is 9.84 Å². The third kappa shape index (κ3) is 7.97. The quantitative estimate of drug-likeness (QED) is 0.333. The maximum absolute atomic E-state index is 11.2. The van der Waals surface area contributed by atoms with E-state index in [1.807, 2.05) is 0 Å². The molecule has 0 saturated heterocycles. The highest BCUT2D eigenvalue weighted by Gasteiger charge is 2.36. The summed E-state index contributed by atoms with van der Waals surface area (Å²) in [6.07, 6.45) is 10.4. The molecule has 0 aliphatic rings. The number of esters is 1. The summed E-state index contributed by atoms with van der Waals surface area (Å²) < 4.78 is 4.95. The van der Waals surface area contributed by atoms with Gasteiger partial charge >= 0.3 is 11.9 Å². The van der Waals surface area contributed by atoms with Crippen molar-refractivity contribution in [2.75, 3.05) is 0 Å². The topological polar surface area (TPSA) is 63.6 Å². The Morgan fingerprint density at radius 1 is 1.10 bits per heavy atom. The molecule has 0 aliphatic carbocycles. The van der Waals surface area contributed by atoms with Crippen LogP contribution in [-0.4, -0.2) is 22.6 Å². The number of carboxylic acid groups (broad SMARTS) is 1. The van der Waals surface area contributed by atoms with Crippen LogP contribution in [0.15, 0.2) is 12.7 Å². The summed E-state index contributed by atoms with van der Waals surface area (Å²) in [5.74, 6) is -1.79. The Labute approximate surface area is 122 Å². The lowest BCUT2D eigenvalue weighted by Gasteiger charge is -2.24. The molecule has 0 aromatic rings. The third-order valence-electron chi connectivity index (χ3n) is 3.45. The number of carboxylic acids is 1. The zero-order valence-corrected chi connectivity index (χ0v) is 12.8. The van der Waals surface area contributed by atoms with Crippen LogP contribution in [0.5, 0.6) is 0 Å². The first-order valence-corrected chi connectivity index (χ1v) is 7.55. The summed E-state index contributed by atoms with van der Waals surface area (Å²) in [5, 5.41) is 9.17. The molecule has 0 bridgehead atoms. The largest absolute Gasteiger partial charge is 0.478 e. The van der Waals surface area contributed by atoms with Crippen molar-refractivity contribution in [3.63, 3.8) is 0 Å². The molecule has 116 valence electrons. The third-order valence-corrected chi connectivity index (χ3v) is 3.45. The molecular weight excluding hydrogens is 256 g/mol. The van der Waals surface area contributed by atoms with E-state index in [1.165, 1.54) is 39.0 Å². The molecule has 4 nitrogen and oxygen atoms in total. The Balaban J connectivity index is 3.90. The van der Waals surface area contributed by atoms with Gasteiger partial charge in [0.05, 0.1) is 0 Å². The summed E-state index contributed by atoms with van der Waals surface area (Å²) >= 11 is 0. The van der Waals surface area contributed by atoms with Gasteiger partial charge in [0.15, 0.2) is 0 Å². The Morgan fingerprint density at radius 3 is 2.05 bits per heavy atom. The molecular formula is C16H28O4. The van der Waals surface area contributed by atoms with Crippen molar-refractivity contribution in [1.29, 1.82) is 0 Å². The van der Waals surface area contributed by atoms with Crippen LogP contribution in [0, 0.1) is 0 Å². The molecule has 1 atom stereocenters. The fraction of sp³-hybridized carbons (Fsp3) is 0.750. The van der Waals surface area contributed by atoms with E-state index in [9.17, 15) is 9.59 Å². The van der Waals surface area contributed by atoms with E-state index in [2.05, 4.69) is 13.5 Å². The first kappa shape index (κ1) is 18.7. The van der Waals surface area contributed by atoms with E-state index < -0.39 is 17.5 Å². The van der Waals surface area contributed by atoms with E-state index in [0.717, 1.165) is 25.3 Å². The number of carbonyl (C=O) groups excluding carboxylic acids is 1. The number of carbonyl (C=O) groups is 2. The Bertz CT molecular complexity index is 312. The minimum Gasteiger partial charge on any atom is -0.478 e. The predicted molar refractivity (Wildman–Crippen MR) is 79.6 cm³/mol. The summed E-state index contributed by atoms with van der Waals surface area (Å²) in [6, 6.07) is 0. The molecule has 0 rings (SSSR count). The van der Waals surface area contributed by atoms with Crippen molar-refractivity contribution in [3.8, 4) is 0 Å². The maximum atomic E-state index is 11.2. The summed E-state index contributed by atoms with van der Waals surface area (Å²) in [7, 11) is 0. The van der Waals surface area contributed by atoms with E-state index in [0.29, 0.717) is 6.42 Å². The molecule has 0 radical (unpaired) electrons. The zero-order valence-electron chi connectivity index (χ0n) is 12.8. The van der Waals surface area contributed by atoms with Crippen molar-refractivity contribution in [1.82, 2.24) is 0 Å². The normalized spacial score (nSPS) is 13.5. The molecule has 0 spiro atoms. The first-order chi connectivity index (χ1) is 9.46. The van der Waals surface area contributed by atoms with E-state index >= 15 is 0 Å². The number of unbranched alkanes of at least 4 members (excludes halogenated alkanes) is 7. The van der Waals surface area contributed by atoms with Crippen LogP contribution in [0.25, 0.3) is 0 Å². The number of rotatable bonds is 12. The summed E-state index contributed by atoms with van der Waals surface area (Å²) in [5.41, 5.74) is -1.44. The van der Waals surface area contributed by atoms with Crippen molar-refractivity contribution >= 4 is 11.9 Å². The fourth-order valence-electron chi connectivity index (χ4n) is 2.06. The highest BCUT2D eigenvalue weighted by atomic mass is 16.6. The van der Waals surface area contributed by atoms with Gasteiger partial charge in [-0.25, -0.2) is 9.59 Å². The Hall–Kier alpha value is -1.32.